The van der Waals surface area contributed by atoms with Crippen LogP contribution < -0.4 is 10.5 Å². The maximum atomic E-state index is 12.3. The number of aromatic nitrogens is 2. The average molecular weight is 422 g/mol. The second-order valence-corrected chi connectivity index (χ2v) is 7.31. The quantitative estimate of drug-likeness (QED) is 0.736. The van der Waals surface area contributed by atoms with Gasteiger partial charge in [0.2, 0.25) is 10.0 Å². The zero-order chi connectivity index (χ0) is 14.8. The van der Waals surface area contributed by atoms with Crippen LogP contribution in [0.2, 0.25) is 0 Å². The predicted molar refractivity (Wildman–Crippen MR) is 82.3 cm³/mol. The molecule has 0 aliphatic rings. The maximum Gasteiger partial charge on any atom is 0.244 e. The molecular formula is C11H10Br2N4O2S. The smallest absolute Gasteiger partial charge is 0.244 e. The molecule has 0 saturated carbocycles. The van der Waals surface area contributed by atoms with Gasteiger partial charge in [-0.25, -0.2) is 23.1 Å². The first kappa shape index (κ1) is 15.4. The number of rotatable bonds is 4. The molecule has 6 nitrogen and oxygen atoms in total. The first-order valence-electron chi connectivity index (χ1n) is 5.39. The number of nitrogens with one attached hydrogen (secondary N) is 1. The summed E-state index contributed by atoms with van der Waals surface area (Å²) in [6, 6.07) is 4.78. The summed E-state index contributed by atoms with van der Waals surface area (Å²) in [6.45, 7) is 0.0623. The molecule has 1 heterocycles. The van der Waals surface area contributed by atoms with Crippen molar-refractivity contribution >= 4 is 47.6 Å². The fraction of sp³-hybridized carbons (Fsp3) is 0.0909. The molecule has 2 aromatic rings. The molecule has 0 radical (unpaired) electrons. The van der Waals surface area contributed by atoms with Crippen molar-refractivity contribution in [2.24, 2.45) is 0 Å². The molecule has 0 aliphatic carbocycles. The van der Waals surface area contributed by atoms with E-state index < -0.39 is 10.0 Å². The van der Waals surface area contributed by atoms with Crippen LogP contribution in [-0.2, 0) is 16.6 Å². The van der Waals surface area contributed by atoms with Gasteiger partial charge in [0.1, 0.15) is 11.2 Å². The Labute approximate surface area is 133 Å². The Morgan fingerprint density at radius 3 is 2.65 bits per heavy atom. The van der Waals surface area contributed by atoms with Gasteiger partial charge in [-0.1, -0.05) is 15.9 Å². The van der Waals surface area contributed by atoms with Crippen molar-refractivity contribution in [2.45, 2.75) is 11.4 Å². The Bertz CT molecular complexity index is 699. The van der Waals surface area contributed by atoms with Crippen LogP contribution in [0.15, 0.2) is 44.6 Å². The van der Waals surface area contributed by atoms with Crippen LogP contribution in [0.4, 0.5) is 5.69 Å². The highest BCUT2D eigenvalue weighted by Crippen LogP contribution is 2.31. The molecule has 0 bridgehead atoms. The van der Waals surface area contributed by atoms with Crippen molar-refractivity contribution in [3.8, 4) is 0 Å². The van der Waals surface area contributed by atoms with E-state index in [0.29, 0.717) is 14.6 Å². The maximum absolute atomic E-state index is 12.3. The van der Waals surface area contributed by atoms with Gasteiger partial charge in [0.25, 0.3) is 0 Å². The van der Waals surface area contributed by atoms with E-state index in [4.69, 9.17) is 5.73 Å². The minimum absolute atomic E-state index is 0.00903. The van der Waals surface area contributed by atoms with E-state index in [1.54, 1.807) is 18.3 Å². The van der Waals surface area contributed by atoms with Crippen molar-refractivity contribution in [3.05, 3.63) is 45.4 Å². The Balaban J connectivity index is 2.28. The molecule has 0 unspecified atom stereocenters. The topological polar surface area (TPSA) is 98.0 Å². The molecule has 106 valence electrons. The highest BCUT2D eigenvalue weighted by molar-refractivity contribution is 9.11. The second kappa shape index (κ2) is 6.17. The van der Waals surface area contributed by atoms with Gasteiger partial charge in [-0.3, -0.25) is 0 Å². The van der Waals surface area contributed by atoms with Crippen molar-refractivity contribution < 1.29 is 8.42 Å². The molecule has 1 aromatic carbocycles. The van der Waals surface area contributed by atoms with E-state index >= 15 is 0 Å². The van der Waals surface area contributed by atoms with Crippen LogP contribution in [0.1, 0.15) is 5.69 Å². The van der Waals surface area contributed by atoms with E-state index in [-0.39, 0.29) is 17.1 Å². The van der Waals surface area contributed by atoms with Crippen molar-refractivity contribution in [1.29, 1.82) is 0 Å². The molecular weight excluding hydrogens is 412 g/mol. The monoisotopic (exact) mass is 420 g/mol. The molecule has 0 fully saturated rings. The lowest BCUT2D eigenvalue weighted by Gasteiger charge is -2.11. The average Bonchev–Trinajstić information content (AvgIpc) is 2.36. The number of nitrogen functional groups attached to an aromatic ring is 1. The lowest BCUT2D eigenvalue weighted by atomic mass is 10.3. The number of nitrogens with two attached hydrogens (primary N) is 1. The summed E-state index contributed by atoms with van der Waals surface area (Å²) in [7, 11) is -3.74. The summed E-state index contributed by atoms with van der Waals surface area (Å²) in [5, 5.41) is 0. The highest BCUT2D eigenvalue weighted by Gasteiger charge is 2.21. The summed E-state index contributed by atoms with van der Waals surface area (Å²) >= 11 is 6.45. The molecule has 2 rings (SSSR count). The third kappa shape index (κ3) is 3.54. The Morgan fingerprint density at radius 2 is 2.05 bits per heavy atom. The number of hydrogen-bond donors (Lipinski definition) is 2. The second-order valence-electron chi connectivity index (χ2n) is 3.83. The van der Waals surface area contributed by atoms with Crippen molar-refractivity contribution in [3.63, 3.8) is 0 Å². The molecule has 0 aliphatic heterocycles. The molecule has 1 aromatic heterocycles. The van der Waals surface area contributed by atoms with Gasteiger partial charge in [-0.05, 0) is 34.1 Å². The van der Waals surface area contributed by atoms with E-state index in [2.05, 4.69) is 46.5 Å². The van der Waals surface area contributed by atoms with Crippen molar-refractivity contribution in [1.82, 2.24) is 14.7 Å². The fourth-order valence-electron chi connectivity index (χ4n) is 1.53. The van der Waals surface area contributed by atoms with Crippen LogP contribution in [0.25, 0.3) is 0 Å². The lowest BCUT2D eigenvalue weighted by Crippen LogP contribution is -2.25. The molecule has 20 heavy (non-hydrogen) atoms. The Morgan fingerprint density at radius 1 is 1.30 bits per heavy atom. The van der Waals surface area contributed by atoms with Crippen molar-refractivity contribution in [2.75, 3.05) is 5.73 Å². The highest BCUT2D eigenvalue weighted by atomic mass is 79.9. The first-order valence-corrected chi connectivity index (χ1v) is 8.46. The van der Waals surface area contributed by atoms with Crippen LogP contribution in [-0.4, -0.2) is 18.4 Å². The summed E-state index contributed by atoms with van der Waals surface area (Å²) < 4.78 is 28.1. The predicted octanol–water partition coefficient (Wildman–Crippen LogP) is 2.06. The molecule has 9 heteroatoms. The number of benzene rings is 1. The molecule has 0 atom stereocenters. The Kier molecular flexibility index (Phi) is 4.74. The molecule has 0 spiro atoms. The zero-order valence-electron chi connectivity index (χ0n) is 10.0. The Hall–Kier alpha value is -1.03. The number of halogens is 2. The minimum Gasteiger partial charge on any atom is -0.398 e. The number of sulfonamides is 1. The van der Waals surface area contributed by atoms with Gasteiger partial charge >= 0.3 is 0 Å². The minimum atomic E-state index is -3.74. The van der Waals surface area contributed by atoms with Gasteiger partial charge in [0.15, 0.2) is 0 Å². The number of anilines is 1. The molecule has 3 N–H and O–H groups in total. The molecule has 0 saturated heterocycles. The van der Waals surface area contributed by atoms with E-state index in [9.17, 15) is 8.42 Å². The molecule has 0 amide bonds. The van der Waals surface area contributed by atoms with E-state index in [1.807, 2.05) is 0 Å². The number of hydrogen-bond acceptors (Lipinski definition) is 5. The summed E-state index contributed by atoms with van der Waals surface area (Å²) in [4.78, 5) is 7.72. The van der Waals surface area contributed by atoms with Gasteiger partial charge in [-0.15, -0.1) is 0 Å². The summed E-state index contributed by atoms with van der Waals surface area (Å²) in [6.07, 6.45) is 2.90. The van der Waals surface area contributed by atoms with E-state index in [0.717, 1.165) is 0 Å². The zero-order valence-corrected chi connectivity index (χ0v) is 14.0. The third-order valence-corrected chi connectivity index (χ3v) is 5.26. The van der Waals surface area contributed by atoms with Gasteiger partial charge in [0, 0.05) is 15.1 Å². The van der Waals surface area contributed by atoms with E-state index in [1.165, 1.54) is 12.4 Å². The van der Waals surface area contributed by atoms with Crippen LogP contribution in [0, 0.1) is 0 Å². The fourth-order valence-corrected chi connectivity index (χ4v) is 4.59. The summed E-state index contributed by atoms with van der Waals surface area (Å²) in [5.74, 6) is 0. The van der Waals surface area contributed by atoms with Crippen LogP contribution >= 0.6 is 31.9 Å². The van der Waals surface area contributed by atoms with Gasteiger partial charge in [-0.2, -0.15) is 0 Å². The van der Waals surface area contributed by atoms with Gasteiger partial charge in [0.05, 0.1) is 17.9 Å². The lowest BCUT2D eigenvalue weighted by molar-refractivity contribution is 0.580. The van der Waals surface area contributed by atoms with Crippen LogP contribution in [0.3, 0.4) is 0 Å². The third-order valence-electron chi connectivity index (χ3n) is 2.39. The summed E-state index contributed by atoms with van der Waals surface area (Å²) in [5.41, 5.74) is 6.49. The largest absolute Gasteiger partial charge is 0.398 e. The normalized spacial score (nSPS) is 11.5. The number of nitrogens with zero attached hydrogens (tertiary/aromatic N) is 2. The first-order chi connectivity index (χ1) is 9.40. The van der Waals surface area contributed by atoms with Gasteiger partial charge < -0.3 is 5.73 Å². The standard InChI is InChI=1S/C11H10Br2N4O2S/c12-7-3-9(13)11(10(14)4-7)20(18,19)17-5-8-1-2-15-6-16-8/h1-4,6,17H,5,14H2. The van der Waals surface area contributed by atoms with Crippen LogP contribution in [0.5, 0.6) is 0 Å². The SMILES string of the molecule is Nc1cc(Br)cc(Br)c1S(=O)(=O)NCc1ccncn1.